The van der Waals surface area contributed by atoms with Gasteiger partial charge in [-0.1, -0.05) is 17.7 Å². The molecule has 2 aromatic rings. The van der Waals surface area contributed by atoms with Crippen LogP contribution in [0.15, 0.2) is 41.5 Å². The molecule has 0 bridgehead atoms. The predicted octanol–water partition coefficient (Wildman–Crippen LogP) is 1.51. The molecule has 0 saturated carbocycles. The summed E-state index contributed by atoms with van der Waals surface area (Å²) in [7, 11) is 0. The van der Waals surface area contributed by atoms with E-state index in [1.54, 1.807) is 24.3 Å². The molecule has 3 N–H and O–H groups in total. The van der Waals surface area contributed by atoms with Gasteiger partial charge in [0.15, 0.2) is 0 Å². The zero-order chi connectivity index (χ0) is 14.5. The van der Waals surface area contributed by atoms with Crippen molar-refractivity contribution >= 4 is 28.9 Å². The van der Waals surface area contributed by atoms with Gasteiger partial charge in [0, 0.05) is 30.5 Å². The van der Waals surface area contributed by atoms with Crippen LogP contribution in [-0.4, -0.2) is 15.5 Å². The van der Waals surface area contributed by atoms with Crippen molar-refractivity contribution in [3.8, 4) is 0 Å². The summed E-state index contributed by atoms with van der Waals surface area (Å²) in [4.78, 5) is 26.8. The van der Waals surface area contributed by atoms with E-state index in [4.69, 9.17) is 17.3 Å². The van der Waals surface area contributed by atoms with Crippen molar-refractivity contribution in [2.45, 2.75) is 13.0 Å². The zero-order valence-corrected chi connectivity index (χ0v) is 11.3. The molecule has 1 amide bonds. The SMILES string of the molecule is Nc1cccc(NC(=O)CCn2cc(Cl)cnc2=O)c1. The Morgan fingerprint density at radius 3 is 3.00 bits per heavy atom. The third-order valence-electron chi connectivity index (χ3n) is 2.57. The molecule has 0 saturated heterocycles. The number of nitrogen functional groups attached to an aromatic ring is 1. The van der Waals surface area contributed by atoms with Crippen molar-refractivity contribution in [1.29, 1.82) is 0 Å². The van der Waals surface area contributed by atoms with E-state index in [2.05, 4.69) is 10.3 Å². The number of nitrogens with two attached hydrogens (primary N) is 1. The van der Waals surface area contributed by atoms with Gasteiger partial charge in [0.05, 0.1) is 11.2 Å². The maximum atomic E-state index is 11.8. The van der Waals surface area contributed by atoms with Gasteiger partial charge in [0.2, 0.25) is 5.91 Å². The molecule has 0 aliphatic heterocycles. The minimum atomic E-state index is -0.439. The number of benzene rings is 1. The highest BCUT2D eigenvalue weighted by atomic mass is 35.5. The Morgan fingerprint density at radius 1 is 1.45 bits per heavy atom. The first-order valence-corrected chi connectivity index (χ1v) is 6.30. The molecule has 6 nitrogen and oxygen atoms in total. The Bertz CT molecular complexity index is 684. The summed E-state index contributed by atoms with van der Waals surface area (Å²) in [5, 5.41) is 3.05. The summed E-state index contributed by atoms with van der Waals surface area (Å²) >= 11 is 5.74. The number of rotatable bonds is 4. The third-order valence-corrected chi connectivity index (χ3v) is 2.77. The molecule has 104 valence electrons. The second kappa shape index (κ2) is 6.21. The highest BCUT2D eigenvalue weighted by Crippen LogP contribution is 2.12. The number of carbonyl (C=O) groups is 1. The molecule has 0 spiro atoms. The lowest BCUT2D eigenvalue weighted by molar-refractivity contribution is -0.116. The number of aryl methyl sites for hydroxylation is 1. The Labute approximate surface area is 120 Å². The van der Waals surface area contributed by atoms with Crippen molar-refractivity contribution in [2.24, 2.45) is 0 Å². The largest absolute Gasteiger partial charge is 0.399 e. The number of hydrogen-bond donors (Lipinski definition) is 2. The first kappa shape index (κ1) is 14.1. The topological polar surface area (TPSA) is 90.0 Å². The number of aromatic nitrogens is 2. The Kier molecular flexibility index (Phi) is 4.37. The van der Waals surface area contributed by atoms with Crippen LogP contribution in [0.5, 0.6) is 0 Å². The molecular weight excluding hydrogens is 280 g/mol. The van der Waals surface area contributed by atoms with Crippen LogP contribution in [0.25, 0.3) is 0 Å². The molecule has 1 heterocycles. The lowest BCUT2D eigenvalue weighted by atomic mass is 10.2. The van der Waals surface area contributed by atoms with Crippen LogP contribution in [0.1, 0.15) is 6.42 Å². The second-order valence-corrected chi connectivity index (χ2v) is 4.61. The second-order valence-electron chi connectivity index (χ2n) is 4.17. The zero-order valence-electron chi connectivity index (χ0n) is 10.5. The number of carbonyl (C=O) groups excluding carboxylic acids is 1. The van der Waals surface area contributed by atoms with Crippen LogP contribution in [-0.2, 0) is 11.3 Å². The van der Waals surface area contributed by atoms with Crippen molar-refractivity contribution in [3.05, 3.63) is 52.2 Å². The van der Waals surface area contributed by atoms with Gasteiger partial charge in [-0.05, 0) is 18.2 Å². The Hall–Kier alpha value is -2.34. The molecule has 20 heavy (non-hydrogen) atoms. The van der Waals surface area contributed by atoms with Gasteiger partial charge in [-0.25, -0.2) is 9.78 Å². The lowest BCUT2D eigenvalue weighted by Crippen LogP contribution is -2.24. The molecule has 0 radical (unpaired) electrons. The molecule has 7 heteroatoms. The van der Waals surface area contributed by atoms with Crippen molar-refractivity contribution in [3.63, 3.8) is 0 Å². The smallest absolute Gasteiger partial charge is 0.347 e. The van der Waals surface area contributed by atoms with Gasteiger partial charge in [0.1, 0.15) is 0 Å². The number of nitrogens with zero attached hydrogens (tertiary/aromatic N) is 2. The number of halogens is 1. The van der Waals surface area contributed by atoms with Crippen molar-refractivity contribution < 1.29 is 4.79 Å². The molecule has 0 aliphatic rings. The van der Waals surface area contributed by atoms with E-state index in [0.29, 0.717) is 16.4 Å². The van der Waals surface area contributed by atoms with Crippen LogP contribution in [0.3, 0.4) is 0 Å². The normalized spacial score (nSPS) is 10.2. The maximum Gasteiger partial charge on any atom is 0.347 e. The van der Waals surface area contributed by atoms with Crippen molar-refractivity contribution in [1.82, 2.24) is 9.55 Å². The molecule has 1 aromatic heterocycles. The predicted molar refractivity (Wildman–Crippen MR) is 77.6 cm³/mol. The first-order chi connectivity index (χ1) is 9.54. The van der Waals surface area contributed by atoms with Crippen molar-refractivity contribution in [2.75, 3.05) is 11.1 Å². The van der Waals surface area contributed by atoms with E-state index >= 15 is 0 Å². The summed E-state index contributed by atoms with van der Waals surface area (Å²) in [6.07, 6.45) is 2.86. The van der Waals surface area contributed by atoms with Crippen LogP contribution in [0.2, 0.25) is 5.02 Å². The van der Waals surface area contributed by atoms with E-state index in [0.717, 1.165) is 0 Å². The summed E-state index contributed by atoms with van der Waals surface area (Å²) in [5.41, 5.74) is 6.36. The first-order valence-electron chi connectivity index (χ1n) is 5.92. The average molecular weight is 293 g/mol. The molecular formula is C13H13ClN4O2. The highest BCUT2D eigenvalue weighted by molar-refractivity contribution is 6.30. The fraction of sp³-hybridized carbons (Fsp3) is 0.154. The molecule has 0 unspecified atom stereocenters. The average Bonchev–Trinajstić information content (AvgIpc) is 2.40. The lowest BCUT2D eigenvalue weighted by Gasteiger charge is -2.07. The van der Waals surface area contributed by atoms with Crippen LogP contribution < -0.4 is 16.7 Å². The minimum Gasteiger partial charge on any atom is -0.399 e. The standard InChI is InChI=1S/C13H13ClN4O2/c14-9-7-16-13(20)18(8-9)5-4-12(19)17-11-3-1-2-10(15)6-11/h1-3,6-8H,4-5,15H2,(H,17,19). The van der Waals surface area contributed by atoms with E-state index in [9.17, 15) is 9.59 Å². The molecule has 2 rings (SSSR count). The number of hydrogen-bond acceptors (Lipinski definition) is 4. The molecule has 0 fully saturated rings. The van der Waals surface area contributed by atoms with Gasteiger partial charge < -0.3 is 11.1 Å². The maximum absolute atomic E-state index is 11.8. The summed E-state index contributed by atoms with van der Waals surface area (Å²) < 4.78 is 1.29. The number of amides is 1. The fourth-order valence-electron chi connectivity index (χ4n) is 1.65. The number of anilines is 2. The van der Waals surface area contributed by atoms with Gasteiger partial charge in [-0.2, -0.15) is 0 Å². The van der Waals surface area contributed by atoms with Gasteiger partial charge in [0.25, 0.3) is 0 Å². The van der Waals surface area contributed by atoms with Crippen LogP contribution >= 0.6 is 11.6 Å². The van der Waals surface area contributed by atoms with E-state index < -0.39 is 5.69 Å². The molecule has 1 aromatic carbocycles. The van der Waals surface area contributed by atoms with E-state index in [1.807, 2.05) is 0 Å². The van der Waals surface area contributed by atoms with E-state index in [1.165, 1.54) is 17.0 Å². The third kappa shape index (κ3) is 3.83. The quantitative estimate of drug-likeness (QED) is 0.836. The highest BCUT2D eigenvalue weighted by Gasteiger charge is 2.05. The fourth-order valence-corrected chi connectivity index (χ4v) is 1.82. The summed E-state index contributed by atoms with van der Waals surface area (Å²) in [6, 6.07) is 6.87. The summed E-state index contributed by atoms with van der Waals surface area (Å²) in [5.74, 6) is -0.220. The van der Waals surface area contributed by atoms with Gasteiger partial charge >= 0.3 is 5.69 Å². The minimum absolute atomic E-state index is 0.136. The van der Waals surface area contributed by atoms with Crippen LogP contribution in [0.4, 0.5) is 11.4 Å². The molecule has 0 aliphatic carbocycles. The van der Waals surface area contributed by atoms with E-state index in [-0.39, 0.29) is 18.9 Å². The van der Waals surface area contributed by atoms with Gasteiger partial charge in [-0.3, -0.25) is 9.36 Å². The van der Waals surface area contributed by atoms with Gasteiger partial charge in [-0.15, -0.1) is 0 Å². The molecule has 0 atom stereocenters. The van der Waals surface area contributed by atoms with Crippen LogP contribution in [0, 0.1) is 0 Å². The Balaban J connectivity index is 1.95. The summed E-state index contributed by atoms with van der Waals surface area (Å²) in [6.45, 7) is 0.209. The monoisotopic (exact) mass is 292 g/mol. The number of nitrogens with one attached hydrogen (secondary N) is 1. The Morgan fingerprint density at radius 2 is 2.25 bits per heavy atom.